The van der Waals surface area contributed by atoms with Crippen molar-refractivity contribution in [1.82, 2.24) is 14.8 Å². The van der Waals surface area contributed by atoms with Crippen LogP contribution in [0.25, 0.3) is 22.0 Å². The van der Waals surface area contributed by atoms with Crippen LogP contribution in [0.4, 0.5) is 0 Å². The van der Waals surface area contributed by atoms with Gasteiger partial charge in [0.2, 0.25) is 0 Å². The fourth-order valence-electron chi connectivity index (χ4n) is 3.96. The largest absolute Gasteiger partial charge is 0.465 e. The predicted molar refractivity (Wildman–Crippen MR) is 103 cm³/mol. The van der Waals surface area contributed by atoms with E-state index in [9.17, 15) is 4.79 Å². The van der Waals surface area contributed by atoms with Crippen LogP contribution in [-0.2, 0) is 9.47 Å². The molecule has 0 amide bonds. The number of hydrogen-bond donors (Lipinski definition) is 0. The van der Waals surface area contributed by atoms with E-state index in [4.69, 9.17) is 14.6 Å². The molecular weight excluding hydrogens is 342 g/mol. The van der Waals surface area contributed by atoms with Crippen molar-refractivity contribution in [3.05, 3.63) is 47.4 Å². The molecule has 3 heterocycles. The van der Waals surface area contributed by atoms with Gasteiger partial charge in [-0.05, 0) is 50.5 Å². The molecule has 2 aromatic heterocycles. The van der Waals surface area contributed by atoms with Crippen LogP contribution in [0.5, 0.6) is 0 Å². The molecule has 0 atom stereocenters. The number of carbonyl (C=O) groups excluding carboxylic acids is 1. The lowest BCUT2D eigenvalue weighted by atomic mass is 9.99. The molecule has 0 unspecified atom stereocenters. The first-order valence-electron chi connectivity index (χ1n) is 9.21. The van der Waals surface area contributed by atoms with Crippen molar-refractivity contribution in [1.29, 1.82) is 0 Å². The van der Waals surface area contributed by atoms with Gasteiger partial charge in [0.05, 0.1) is 29.9 Å². The lowest BCUT2D eigenvalue weighted by Crippen LogP contribution is -2.21. The van der Waals surface area contributed by atoms with Gasteiger partial charge in [-0.15, -0.1) is 0 Å². The van der Waals surface area contributed by atoms with Gasteiger partial charge in [0.1, 0.15) is 0 Å². The molecule has 1 aromatic carbocycles. The summed E-state index contributed by atoms with van der Waals surface area (Å²) in [6.45, 7) is 5.71. The van der Waals surface area contributed by atoms with Crippen molar-refractivity contribution >= 4 is 16.9 Å². The molecule has 0 aliphatic carbocycles. The number of hydrogen-bond acceptors (Lipinski definition) is 5. The van der Waals surface area contributed by atoms with Crippen LogP contribution in [0, 0.1) is 13.8 Å². The summed E-state index contributed by atoms with van der Waals surface area (Å²) in [4.78, 5) is 16.5. The molecule has 0 radical (unpaired) electrons. The quantitative estimate of drug-likeness (QED) is 0.660. The Morgan fingerprint density at radius 1 is 1.22 bits per heavy atom. The van der Waals surface area contributed by atoms with Gasteiger partial charge >= 0.3 is 5.97 Å². The van der Waals surface area contributed by atoms with E-state index in [0.717, 1.165) is 59.5 Å². The van der Waals surface area contributed by atoms with Crippen LogP contribution < -0.4 is 0 Å². The van der Waals surface area contributed by atoms with Crippen LogP contribution in [0.2, 0.25) is 0 Å². The summed E-state index contributed by atoms with van der Waals surface area (Å²) in [5, 5.41) is 5.61. The number of pyridine rings is 1. The summed E-state index contributed by atoms with van der Waals surface area (Å²) in [6, 6.07) is 8.07. The van der Waals surface area contributed by atoms with Crippen molar-refractivity contribution in [2.45, 2.75) is 32.7 Å². The monoisotopic (exact) mass is 365 g/mol. The topological polar surface area (TPSA) is 66.2 Å². The highest BCUT2D eigenvalue weighted by atomic mass is 16.5. The molecule has 0 spiro atoms. The van der Waals surface area contributed by atoms with Crippen LogP contribution in [-0.4, -0.2) is 41.1 Å². The molecule has 140 valence electrons. The van der Waals surface area contributed by atoms with E-state index in [1.165, 1.54) is 7.11 Å². The van der Waals surface area contributed by atoms with Gasteiger partial charge in [-0.25, -0.2) is 4.79 Å². The Kier molecular flexibility index (Phi) is 4.66. The Labute approximate surface area is 158 Å². The molecule has 1 fully saturated rings. The minimum absolute atomic E-state index is 0.356. The fraction of sp³-hybridized carbons (Fsp3) is 0.381. The molecule has 27 heavy (non-hydrogen) atoms. The second-order valence-corrected chi connectivity index (χ2v) is 6.92. The highest BCUT2D eigenvalue weighted by molar-refractivity contribution is 6.04. The minimum atomic E-state index is -0.356. The van der Waals surface area contributed by atoms with Gasteiger partial charge in [-0.3, -0.25) is 9.67 Å². The number of nitrogens with zero attached hydrogens (tertiary/aromatic N) is 3. The summed E-state index contributed by atoms with van der Waals surface area (Å²) in [5.41, 5.74) is 5.58. The first kappa shape index (κ1) is 17.7. The molecule has 1 aliphatic heterocycles. The lowest BCUT2D eigenvalue weighted by molar-refractivity contribution is 0.0603. The van der Waals surface area contributed by atoms with Gasteiger partial charge in [-0.2, -0.15) is 5.10 Å². The number of rotatable bonds is 3. The van der Waals surface area contributed by atoms with Gasteiger partial charge in [-0.1, -0.05) is 6.07 Å². The second kappa shape index (κ2) is 7.12. The van der Waals surface area contributed by atoms with E-state index >= 15 is 0 Å². The smallest absolute Gasteiger partial charge is 0.338 e. The second-order valence-electron chi connectivity index (χ2n) is 6.92. The van der Waals surface area contributed by atoms with Gasteiger partial charge in [0.15, 0.2) is 0 Å². The van der Waals surface area contributed by atoms with E-state index in [2.05, 4.69) is 16.6 Å². The number of benzene rings is 1. The minimum Gasteiger partial charge on any atom is -0.465 e. The van der Waals surface area contributed by atoms with Gasteiger partial charge in [0.25, 0.3) is 0 Å². The van der Waals surface area contributed by atoms with Gasteiger partial charge < -0.3 is 9.47 Å². The fourth-order valence-corrected chi connectivity index (χ4v) is 3.96. The summed E-state index contributed by atoms with van der Waals surface area (Å²) < 4.78 is 12.6. The zero-order chi connectivity index (χ0) is 19.0. The number of aromatic nitrogens is 3. The van der Waals surface area contributed by atoms with E-state index in [1.54, 1.807) is 12.3 Å². The number of methoxy groups -OCH3 is 1. The number of fused-ring (bicyclic) bond motifs is 1. The Bertz CT molecular complexity index is 1000. The zero-order valence-electron chi connectivity index (χ0n) is 15.9. The maximum absolute atomic E-state index is 12.1. The third-order valence-electron chi connectivity index (χ3n) is 5.30. The van der Waals surface area contributed by atoms with Crippen molar-refractivity contribution < 1.29 is 14.3 Å². The third kappa shape index (κ3) is 3.10. The molecule has 0 bridgehead atoms. The average Bonchev–Trinajstić information content (AvgIpc) is 3.01. The first-order valence-corrected chi connectivity index (χ1v) is 9.21. The Morgan fingerprint density at radius 2 is 2.00 bits per heavy atom. The number of aryl methyl sites for hydroxylation is 1. The van der Waals surface area contributed by atoms with Crippen molar-refractivity contribution in [3.8, 4) is 11.1 Å². The molecule has 0 saturated carbocycles. The maximum Gasteiger partial charge on any atom is 0.338 e. The molecular formula is C21H23N3O3. The summed E-state index contributed by atoms with van der Waals surface area (Å²) >= 11 is 0. The van der Waals surface area contributed by atoms with Crippen molar-refractivity contribution in [3.63, 3.8) is 0 Å². The molecule has 6 heteroatoms. The van der Waals surface area contributed by atoms with Crippen LogP contribution in [0.1, 0.15) is 40.6 Å². The summed E-state index contributed by atoms with van der Waals surface area (Å²) in [5.74, 6) is -0.356. The average molecular weight is 365 g/mol. The standard InChI is InChI=1S/C21H23N3O3/c1-13-20(14(2)24(23-13)16-7-10-27-11-8-16)15-4-5-19-18(12-15)17(6-9-22-19)21(25)26-3/h4-6,9,12,16H,7-8,10-11H2,1-3H3. The van der Waals surface area contributed by atoms with E-state index in [1.807, 2.05) is 25.1 Å². The highest BCUT2D eigenvalue weighted by Crippen LogP contribution is 2.33. The molecule has 1 aliphatic rings. The van der Waals surface area contributed by atoms with Crippen LogP contribution in [0.15, 0.2) is 30.5 Å². The summed E-state index contributed by atoms with van der Waals surface area (Å²) in [6.07, 6.45) is 3.60. The number of esters is 1. The molecule has 3 aromatic rings. The third-order valence-corrected chi connectivity index (χ3v) is 5.30. The zero-order valence-corrected chi connectivity index (χ0v) is 15.9. The SMILES string of the molecule is COC(=O)c1ccnc2ccc(-c3c(C)nn(C4CCOCC4)c3C)cc12. The highest BCUT2D eigenvalue weighted by Gasteiger charge is 2.22. The van der Waals surface area contributed by atoms with Crippen LogP contribution in [0.3, 0.4) is 0 Å². The number of ether oxygens (including phenoxy) is 2. The lowest BCUT2D eigenvalue weighted by Gasteiger charge is -2.23. The van der Waals surface area contributed by atoms with Crippen molar-refractivity contribution in [2.75, 3.05) is 20.3 Å². The Morgan fingerprint density at radius 3 is 2.74 bits per heavy atom. The number of carbonyl (C=O) groups is 1. The maximum atomic E-state index is 12.1. The molecule has 1 saturated heterocycles. The molecule has 0 N–H and O–H groups in total. The van der Waals surface area contributed by atoms with E-state index in [0.29, 0.717) is 11.6 Å². The summed E-state index contributed by atoms with van der Waals surface area (Å²) in [7, 11) is 1.39. The van der Waals surface area contributed by atoms with E-state index in [-0.39, 0.29) is 5.97 Å². The Hall–Kier alpha value is -2.73. The molecule has 6 nitrogen and oxygen atoms in total. The van der Waals surface area contributed by atoms with Crippen LogP contribution >= 0.6 is 0 Å². The van der Waals surface area contributed by atoms with Crippen molar-refractivity contribution in [2.24, 2.45) is 0 Å². The Balaban J connectivity index is 1.83. The normalized spacial score (nSPS) is 15.2. The molecule has 4 rings (SSSR count). The van der Waals surface area contributed by atoms with Gasteiger partial charge in [0, 0.05) is 36.1 Å². The van der Waals surface area contributed by atoms with E-state index < -0.39 is 0 Å². The first-order chi connectivity index (χ1) is 13.1. The predicted octanol–water partition coefficient (Wildman–Crippen LogP) is 3.85.